The molecule has 0 N–H and O–H groups in total. The van der Waals surface area contributed by atoms with Crippen LogP contribution in [0.4, 0.5) is 10.1 Å². The molecule has 0 radical (unpaired) electrons. The summed E-state index contributed by atoms with van der Waals surface area (Å²) in [5, 5.41) is 0. The first kappa shape index (κ1) is 9.58. The van der Waals surface area contributed by atoms with E-state index in [0.717, 1.165) is 0 Å². The highest BCUT2D eigenvalue weighted by Gasteiger charge is 2.05. The molecule has 1 rings (SSSR count). The number of aliphatic imine (C=N–C) groups is 1. The van der Waals surface area contributed by atoms with E-state index in [9.17, 15) is 9.18 Å². The molecule has 13 heavy (non-hydrogen) atoms. The van der Waals surface area contributed by atoms with Crippen molar-refractivity contribution >= 4 is 18.2 Å². The molecule has 0 bridgehead atoms. The van der Waals surface area contributed by atoms with Crippen LogP contribution >= 0.6 is 0 Å². The van der Waals surface area contributed by atoms with Crippen molar-refractivity contribution in [1.82, 2.24) is 0 Å². The van der Waals surface area contributed by atoms with Gasteiger partial charge in [0, 0.05) is 11.8 Å². The minimum absolute atomic E-state index is 0.288. The number of hydrogen-bond acceptors (Lipinski definition) is 2. The fourth-order valence-corrected chi connectivity index (χ4v) is 1.16. The van der Waals surface area contributed by atoms with E-state index in [1.807, 2.05) is 0 Å². The third kappa shape index (κ3) is 1.99. The average molecular weight is 179 g/mol. The zero-order valence-electron chi connectivity index (χ0n) is 7.54. The van der Waals surface area contributed by atoms with Crippen molar-refractivity contribution in [3.63, 3.8) is 0 Å². The maximum absolute atomic E-state index is 12.8. The molecule has 0 fully saturated rings. The van der Waals surface area contributed by atoms with Crippen molar-refractivity contribution in [1.29, 1.82) is 0 Å². The summed E-state index contributed by atoms with van der Waals surface area (Å²) < 4.78 is 12.8. The summed E-state index contributed by atoms with van der Waals surface area (Å²) in [6.45, 7) is 3.47. The fourth-order valence-electron chi connectivity index (χ4n) is 1.16. The zero-order chi connectivity index (χ0) is 9.84. The Morgan fingerprint density at radius 1 is 1.46 bits per heavy atom. The van der Waals surface area contributed by atoms with Gasteiger partial charge in [-0.15, -0.1) is 0 Å². The summed E-state index contributed by atoms with van der Waals surface area (Å²) >= 11 is 0. The highest BCUT2D eigenvalue weighted by atomic mass is 19.1. The Morgan fingerprint density at radius 2 is 2.15 bits per heavy atom. The Hall–Kier alpha value is -1.51. The summed E-state index contributed by atoms with van der Waals surface area (Å²) in [6.07, 6.45) is 2.19. The van der Waals surface area contributed by atoms with E-state index in [1.165, 1.54) is 12.1 Å². The molecule has 1 aromatic rings. The van der Waals surface area contributed by atoms with Gasteiger partial charge in [0.2, 0.25) is 0 Å². The molecular weight excluding hydrogens is 169 g/mol. The van der Waals surface area contributed by atoms with Crippen LogP contribution < -0.4 is 0 Å². The lowest BCUT2D eigenvalue weighted by Crippen LogP contribution is -1.88. The standard InChI is InChI=1S/C10H10FNO/c1-3-12-10-7(2)4-9(11)5-8(10)6-13/h3-6H,1-2H3. The second-order valence-electron chi connectivity index (χ2n) is 2.67. The van der Waals surface area contributed by atoms with Crippen LogP contribution in [0, 0.1) is 12.7 Å². The molecule has 0 aliphatic rings. The lowest BCUT2D eigenvalue weighted by Gasteiger charge is -2.02. The van der Waals surface area contributed by atoms with Gasteiger partial charge in [-0.3, -0.25) is 9.79 Å². The summed E-state index contributed by atoms with van der Waals surface area (Å²) in [6, 6.07) is 2.54. The van der Waals surface area contributed by atoms with E-state index in [1.54, 1.807) is 20.1 Å². The van der Waals surface area contributed by atoms with Gasteiger partial charge in [0.25, 0.3) is 0 Å². The van der Waals surface area contributed by atoms with Gasteiger partial charge in [0.1, 0.15) is 5.82 Å². The minimum Gasteiger partial charge on any atom is -0.298 e. The Kier molecular flexibility index (Phi) is 2.90. The number of carbonyl (C=O) groups is 1. The largest absolute Gasteiger partial charge is 0.298 e. The Labute approximate surface area is 76.1 Å². The van der Waals surface area contributed by atoms with E-state index in [0.29, 0.717) is 17.5 Å². The van der Waals surface area contributed by atoms with Gasteiger partial charge in [0.05, 0.1) is 5.69 Å². The van der Waals surface area contributed by atoms with E-state index < -0.39 is 5.82 Å². The molecule has 0 heterocycles. The van der Waals surface area contributed by atoms with Crippen molar-refractivity contribution in [2.24, 2.45) is 4.99 Å². The second-order valence-corrected chi connectivity index (χ2v) is 2.67. The molecule has 0 atom stereocenters. The number of benzene rings is 1. The van der Waals surface area contributed by atoms with Gasteiger partial charge in [-0.25, -0.2) is 4.39 Å². The van der Waals surface area contributed by atoms with Crippen LogP contribution in [0.3, 0.4) is 0 Å². The lowest BCUT2D eigenvalue weighted by atomic mass is 10.1. The Balaban J connectivity index is 3.37. The zero-order valence-corrected chi connectivity index (χ0v) is 7.54. The second kappa shape index (κ2) is 3.94. The van der Waals surface area contributed by atoms with Crippen LogP contribution in [0.25, 0.3) is 0 Å². The molecular formula is C10H10FNO. The smallest absolute Gasteiger partial charge is 0.152 e. The van der Waals surface area contributed by atoms with Gasteiger partial charge in [-0.05, 0) is 31.5 Å². The normalized spacial score (nSPS) is 10.7. The van der Waals surface area contributed by atoms with Crippen LogP contribution in [-0.2, 0) is 0 Å². The van der Waals surface area contributed by atoms with Gasteiger partial charge < -0.3 is 0 Å². The van der Waals surface area contributed by atoms with Crippen molar-refractivity contribution in [3.8, 4) is 0 Å². The number of nitrogens with zero attached hydrogens (tertiary/aromatic N) is 1. The first-order chi connectivity index (χ1) is 6.19. The Bertz CT molecular complexity index is 358. The molecule has 0 aliphatic heterocycles. The number of aldehydes is 1. The van der Waals surface area contributed by atoms with E-state index in [4.69, 9.17) is 0 Å². The molecule has 0 amide bonds. The van der Waals surface area contributed by atoms with Crippen LogP contribution in [0.5, 0.6) is 0 Å². The van der Waals surface area contributed by atoms with Crippen LogP contribution in [-0.4, -0.2) is 12.5 Å². The van der Waals surface area contributed by atoms with Crippen molar-refractivity contribution in [2.75, 3.05) is 0 Å². The lowest BCUT2D eigenvalue weighted by molar-refractivity contribution is 0.112. The minimum atomic E-state index is -0.408. The van der Waals surface area contributed by atoms with Crippen LogP contribution in [0.1, 0.15) is 22.8 Å². The van der Waals surface area contributed by atoms with Gasteiger partial charge in [0.15, 0.2) is 6.29 Å². The van der Waals surface area contributed by atoms with Crippen molar-refractivity contribution < 1.29 is 9.18 Å². The molecule has 0 spiro atoms. The monoisotopic (exact) mass is 179 g/mol. The summed E-state index contributed by atoms with van der Waals surface area (Å²) in [5.41, 5.74) is 1.50. The average Bonchev–Trinajstić information content (AvgIpc) is 2.09. The van der Waals surface area contributed by atoms with Crippen LogP contribution in [0.2, 0.25) is 0 Å². The molecule has 2 nitrogen and oxygen atoms in total. The number of hydrogen-bond donors (Lipinski definition) is 0. The third-order valence-corrected chi connectivity index (χ3v) is 1.68. The number of halogens is 1. The highest BCUT2D eigenvalue weighted by molar-refractivity contribution is 5.85. The first-order valence-corrected chi connectivity index (χ1v) is 3.93. The van der Waals surface area contributed by atoms with Crippen molar-refractivity contribution in [3.05, 3.63) is 29.1 Å². The quantitative estimate of drug-likeness (QED) is 0.507. The topological polar surface area (TPSA) is 29.4 Å². The maximum Gasteiger partial charge on any atom is 0.152 e. The van der Waals surface area contributed by atoms with E-state index in [-0.39, 0.29) is 5.56 Å². The summed E-state index contributed by atoms with van der Waals surface area (Å²) in [4.78, 5) is 14.6. The Morgan fingerprint density at radius 3 is 2.69 bits per heavy atom. The molecule has 3 heteroatoms. The predicted molar refractivity (Wildman–Crippen MR) is 50.4 cm³/mol. The molecule has 0 aromatic heterocycles. The van der Waals surface area contributed by atoms with E-state index >= 15 is 0 Å². The predicted octanol–water partition coefficient (Wildman–Crippen LogP) is 2.67. The number of rotatable bonds is 2. The maximum atomic E-state index is 12.8. The van der Waals surface area contributed by atoms with Crippen molar-refractivity contribution in [2.45, 2.75) is 13.8 Å². The fraction of sp³-hybridized carbons (Fsp3) is 0.200. The SMILES string of the molecule is CC=Nc1c(C)cc(F)cc1C=O. The molecule has 1 aromatic carbocycles. The van der Waals surface area contributed by atoms with Gasteiger partial charge in [-0.1, -0.05) is 0 Å². The highest BCUT2D eigenvalue weighted by Crippen LogP contribution is 2.23. The molecule has 0 unspecified atom stereocenters. The van der Waals surface area contributed by atoms with Gasteiger partial charge >= 0.3 is 0 Å². The third-order valence-electron chi connectivity index (χ3n) is 1.68. The van der Waals surface area contributed by atoms with E-state index in [2.05, 4.69) is 4.99 Å². The molecule has 0 aliphatic carbocycles. The number of aryl methyl sites for hydroxylation is 1. The summed E-state index contributed by atoms with van der Waals surface area (Å²) in [7, 11) is 0. The number of carbonyl (C=O) groups excluding carboxylic acids is 1. The molecule has 68 valence electrons. The summed E-state index contributed by atoms with van der Waals surface area (Å²) in [5.74, 6) is -0.408. The molecule has 0 saturated carbocycles. The van der Waals surface area contributed by atoms with Gasteiger partial charge in [-0.2, -0.15) is 0 Å². The first-order valence-electron chi connectivity index (χ1n) is 3.93. The molecule has 0 saturated heterocycles. The van der Waals surface area contributed by atoms with Crippen LogP contribution in [0.15, 0.2) is 17.1 Å².